The molecule has 0 saturated carbocycles. The van der Waals surface area contributed by atoms with Gasteiger partial charge in [-0.3, -0.25) is 10.1 Å². The van der Waals surface area contributed by atoms with Crippen molar-refractivity contribution in [3.8, 4) is 0 Å². The van der Waals surface area contributed by atoms with Gasteiger partial charge in [0.25, 0.3) is 5.69 Å². The summed E-state index contributed by atoms with van der Waals surface area (Å²) in [6, 6.07) is 6.03. The highest BCUT2D eigenvalue weighted by Gasteiger charge is 2.05. The predicted octanol–water partition coefficient (Wildman–Crippen LogP) is 1.70. The van der Waals surface area contributed by atoms with Crippen LogP contribution in [0.4, 0.5) is 5.69 Å². The number of hydrogen-bond donors (Lipinski definition) is 0. The van der Waals surface area contributed by atoms with Crippen LogP contribution in [-0.4, -0.2) is 17.3 Å². The Morgan fingerprint density at radius 3 is 2.53 bits per heavy atom. The van der Waals surface area contributed by atoms with Gasteiger partial charge in [-0.25, -0.2) is 0 Å². The van der Waals surface area contributed by atoms with Gasteiger partial charge in [-0.05, 0) is 24.6 Å². The maximum atomic E-state index is 10.4. The molecule has 0 fully saturated rings. The number of nitro benzene ring substituents is 1. The summed E-state index contributed by atoms with van der Waals surface area (Å²) in [5.74, 6) is 0. The first-order chi connectivity index (χ1) is 7.13. The van der Waals surface area contributed by atoms with Gasteiger partial charge in [-0.15, -0.1) is 0 Å². The molecule has 0 aliphatic carbocycles. The number of carbonyl (C=O) groups excluding carboxylic acids is 1. The van der Waals surface area contributed by atoms with Crippen molar-refractivity contribution in [1.29, 1.82) is 0 Å². The van der Waals surface area contributed by atoms with Gasteiger partial charge >= 0.3 is 0 Å². The lowest BCUT2D eigenvalue weighted by atomic mass is 10.2. The smallest absolute Gasteiger partial charge is 0.269 e. The third kappa shape index (κ3) is 3.47. The fourth-order valence-corrected chi connectivity index (χ4v) is 0.981. The Hall–Kier alpha value is -1.75. The van der Waals surface area contributed by atoms with E-state index in [-0.39, 0.29) is 12.3 Å². The number of benzene rings is 1. The Bertz CT molecular complexity index is 347. The van der Waals surface area contributed by atoms with Crippen molar-refractivity contribution in [2.45, 2.75) is 19.6 Å². The van der Waals surface area contributed by atoms with E-state index < -0.39 is 11.0 Å². The van der Waals surface area contributed by atoms with E-state index in [0.29, 0.717) is 6.29 Å². The first-order valence-corrected chi connectivity index (χ1v) is 4.43. The monoisotopic (exact) mass is 209 g/mol. The van der Waals surface area contributed by atoms with Crippen molar-refractivity contribution in [2.24, 2.45) is 0 Å². The third-order valence-electron chi connectivity index (χ3n) is 1.85. The van der Waals surface area contributed by atoms with Gasteiger partial charge in [-0.2, -0.15) is 0 Å². The topological polar surface area (TPSA) is 69.4 Å². The van der Waals surface area contributed by atoms with Crippen molar-refractivity contribution in [2.75, 3.05) is 0 Å². The fourth-order valence-electron chi connectivity index (χ4n) is 0.981. The highest BCUT2D eigenvalue weighted by atomic mass is 16.6. The Morgan fingerprint density at radius 2 is 2.07 bits per heavy atom. The number of hydrogen-bond acceptors (Lipinski definition) is 4. The molecule has 0 amide bonds. The standard InChI is InChI=1S/C10H11NO4/c1-8(6-12)15-7-9-2-4-10(5-3-9)11(13)14/h2-6,8H,7H2,1H3. The first kappa shape index (κ1) is 11.3. The quantitative estimate of drug-likeness (QED) is 0.420. The zero-order valence-corrected chi connectivity index (χ0v) is 8.25. The number of carbonyl (C=O) groups is 1. The van der Waals surface area contributed by atoms with Crippen LogP contribution in [0.15, 0.2) is 24.3 Å². The Morgan fingerprint density at radius 1 is 1.47 bits per heavy atom. The molecule has 0 radical (unpaired) electrons. The SMILES string of the molecule is CC(C=O)OCc1ccc([N+](=O)[O-])cc1. The molecule has 0 spiro atoms. The van der Waals surface area contributed by atoms with E-state index in [0.717, 1.165) is 5.56 Å². The Kier molecular flexibility index (Phi) is 3.93. The first-order valence-electron chi connectivity index (χ1n) is 4.43. The van der Waals surface area contributed by atoms with Crippen LogP contribution in [0, 0.1) is 10.1 Å². The molecule has 5 nitrogen and oxygen atoms in total. The second-order valence-corrected chi connectivity index (χ2v) is 3.08. The molecule has 0 saturated heterocycles. The summed E-state index contributed by atoms with van der Waals surface area (Å²) >= 11 is 0. The van der Waals surface area contributed by atoms with Gasteiger partial charge < -0.3 is 9.53 Å². The van der Waals surface area contributed by atoms with Crippen LogP contribution in [0.25, 0.3) is 0 Å². The fraction of sp³-hybridized carbons (Fsp3) is 0.300. The van der Waals surface area contributed by atoms with Crippen molar-refractivity contribution in [3.05, 3.63) is 39.9 Å². The van der Waals surface area contributed by atoms with Gasteiger partial charge in [-0.1, -0.05) is 0 Å². The van der Waals surface area contributed by atoms with E-state index in [1.165, 1.54) is 12.1 Å². The van der Waals surface area contributed by atoms with E-state index >= 15 is 0 Å². The van der Waals surface area contributed by atoms with Crippen molar-refractivity contribution < 1.29 is 14.5 Å². The lowest BCUT2D eigenvalue weighted by Crippen LogP contribution is -2.08. The number of ether oxygens (including phenoxy) is 1. The summed E-state index contributed by atoms with van der Waals surface area (Å²) < 4.78 is 5.14. The molecule has 0 bridgehead atoms. The molecular formula is C10H11NO4. The molecule has 1 unspecified atom stereocenters. The predicted molar refractivity (Wildman–Crippen MR) is 53.4 cm³/mol. The number of nitrogens with zero attached hydrogens (tertiary/aromatic N) is 1. The van der Waals surface area contributed by atoms with Crippen molar-refractivity contribution in [3.63, 3.8) is 0 Å². The maximum Gasteiger partial charge on any atom is 0.269 e. The van der Waals surface area contributed by atoms with E-state index in [1.54, 1.807) is 19.1 Å². The second kappa shape index (κ2) is 5.21. The molecule has 80 valence electrons. The highest BCUT2D eigenvalue weighted by molar-refractivity contribution is 5.55. The van der Waals surface area contributed by atoms with Crippen LogP contribution in [0.1, 0.15) is 12.5 Å². The van der Waals surface area contributed by atoms with Gasteiger partial charge in [0.2, 0.25) is 0 Å². The summed E-state index contributed by atoms with van der Waals surface area (Å²) in [6.45, 7) is 1.91. The minimum absolute atomic E-state index is 0.0437. The molecule has 1 rings (SSSR count). The normalized spacial score (nSPS) is 12.1. The number of non-ortho nitro benzene ring substituents is 1. The summed E-state index contributed by atoms with van der Waals surface area (Å²) in [7, 11) is 0. The van der Waals surface area contributed by atoms with Crippen molar-refractivity contribution in [1.82, 2.24) is 0 Å². The highest BCUT2D eigenvalue weighted by Crippen LogP contribution is 2.12. The lowest BCUT2D eigenvalue weighted by molar-refractivity contribution is -0.384. The summed E-state index contributed by atoms with van der Waals surface area (Å²) in [5, 5.41) is 10.4. The zero-order chi connectivity index (χ0) is 11.3. The van der Waals surface area contributed by atoms with Crippen LogP contribution >= 0.6 is 0 Å². The molecule has 0 aromatic heterocycles. The number of rotatable bonds is 5. The molecule has 5 heteroatoms. The zero-order valence-electron chi connectivity index (χ0n) is 8.25. The van der Waals surface area contributed by atoms with E-state index in [1.807, 2.05) is 0 Å². The van der Waals surface area contributed by atoms with E-state index in [9.17, 15) is 14.9 Å². The number of aldehydes is 1. The third-order valence-corrected chi connectivity index (χ3v) is 1.85. The minimum atomic E-state index is -0.460. The Labute approximate surface area is 86.8 Å². The summed E-state index contributed by atoms with van der Waals surface area (Å²) in [4.78, 5) is 20.1. The Balaban J connectivity index is 2.57. The molecule has 0 aliphatic heterocycles. The molecular weight excluding hydrogens is 198 g/mol. The van der Waals surface area contributed by atoms with Gasteiger partial charge in [0.15, 0.2) is 0 Å². The van der Waals surface area contributed by atoms with Crippen molar-refractivity contribution >= 4 is 12.0 Å². The van der Waals surface area contributed by atoms with Crippen LogP contribution in [0.2, 0.25) is 0 Å². The van der Waals surface area contributed by atoms with Gasteiger partial charge in [0, 0.05) is 12.1 Å². The average molecular weight is 209 g/mol. The van der Waals surface area contributed by atoms with Crippen LogP contribution in [-0.2, 0) is 16.1 Å². The lowest BCUT2D eigenvalue weighted by Gasteiger charge is -2.05. The van der Waals surface area contributed by atoms with Crippen LogP contribution in [0.3, 0.4) is 0 Å². The molecule has 0 N–H and O–H groups in total. The van der Waals surface area contributed by atoms with Crippen LogP contribution < -0.4 is 0 Å². The number of nitro groups is 1. The van der Waals surface area contributed by atoms with E-state index in [4.69, 9.17) is 4.74 Å². The second-order valence-electron chi connectivity index (χ2n) is 3.08. The molecule has 15 heavy (non-hydrogen) atoms. The largest absolute Gasteiger partial charge is 0.366 e. The van der Waals surface area contributed by atoms with Gasteiger partial charge in [0.1, 0.15) is 12.4 Å². The minimum Gasteiger partial charge on any atom is -0.366 e. The molecule has 1 atom stereocenters. The van der Waals surface area contributed by atoms with E-state index in [2.05, 4.69) is 0 Å². The molecule has 0 heterocycles. The summed E-state index contributed by atoms with van der Waals surface area (Å²) in [6.07, 6.45) is 0.242. The molecule has 0 aliphatic rings. The molecule has 1 aromatic rings. The summed E-state index contributed by atoms with van der Waals surface area (Å²) in [5.41, 5.74) is 0.844. The molecule has 1 aromatic carbocycles. The van der Waals surface area contributed by atoms with Crippen LogP contribution in [0.5, 0.6) is 0 Å². The maximum absolute atomic E-state index is 10.4. The van der Waals surface area contributed by atoms with Gasteiger partial charge in [0.05, 0.1) is 11.5 Å². The average Bonchev–Trinajstić information content (AvgIpc) is 2.26.